The van der Waals surface area contributed by atoms with E-state index >= 15 is 0 Å². The minimum absolute atomic E-state index is 0.215. The van der Waals surface area contributed by atoms with Gasteiger partial charge in [0.2, 0.25) is 0 Å². The number of hydrogen-bond acceptors (Lipinski definition) is 4. The standard InChI is InChI=1S/C12H11N3O4/c1-15-5-4-9(14-15)11(17)13-7-2-3-10(16)8(6-7)12(18)19/h2-6,16H,1H3,(H,13,17)(H,18,19). The molecule has 0 saturated heterocycles. The van der Waals surface area contributed by atoms with E-state index in [4.69, 9.17) is 5.11 Å². The normalized spacial score (nSPS) is 10.2. The Balaban J connectivity index is 2.22. The number of aromatic nitrogens is 2. The van der Waals surface area contributed by atoms with Crippen LogP contribution in [0.15, 0.2) is 30.5 Å². The van der Waals surface area contributed by atoms with Crippen LogP contribution in [-0.2, 0) is 7.05 Å². The molecule has 0 bridgehead atoms. The quantitative estimate of drug-likeness (QED) is 0.717. The molecule has 0 aliphatic rings. The number of carbonyl (C=O) groups is 2. The van der Waals surface area contributed by atoms with Crippen LogP contribution >= 0.6 is 0 Å². The number of aromatic carboxylic acids is 1. The van der Waals surface area contributed by atoms with Gasteiger partial charge in [0.15, 0.2) is 5.69 Å². The number of hydrogen-bond donors (Lipinski definition) is 3. The zero-order valence-corrected chi connectivity index (χ0v) is 9.99. The van der Waals surface area contributed by atoms with Gasteiger partial charge in [-0.1, -0.05) is 0 Å². The maximum absolute atomic E-state index is 11.8. The van der Waals surface area contributed by atoms with Crippen molar-refractivity contribution in [2.24, 2.45) is 7.05 Å². The lowest BCUT2D eigenvalue weighted by atomic mass is 10.2. The molecule has 0 fully saturated rings. The minimum Gasteiger partial charge on any atom is -0.507 e. The number of nitrogens with one attached hydrogen (secondary N) is 1. The summed E-state index contributed by atoms with van der Waals surface area (Å²) in [6, 6.07) is 5.33. The Hall–Kier alpha value is -2.83. The van der Waals surface area contributed by atoms with Crippen LogP contribution in [0.3, 0.4) is 0 Å². The van der Waals surface area contributed by atoms with Gasteiger partial charge in [-0.3, -0.25) is 9.48 Å². The van der Waals surface area contributed by atoms with Crippen molar-refractivity contribution in [1.82, 2.24) is 9.78 Å². The summed E-state index contributed by atoms with van der Waals surface area (Å²) in [5, 5.41) is 24.6. The van der Waals surface area contributed by atoms with Gasteiger partial charge < -0.3 is 15.5 Å². The predicted molar refractivity (Wildman–Crippen MR) is 66.2 cm³/mol. The Morgan fingerprint density at radius 3 is 2.63 bits per heavy atom. The highest BCUT2D eigenvalue weighted by molar-refractivity contribution is 6.03. The van der Waals surface area contributed by atoms with E-state index in [9.17, 15) is 14.7 Å². The summed E-state index contributed by atoms with van der Waals surface area (Å²) in [6.07, 6.45) is 1.62. The van der Waals surface area contributed by atoms with E-state index in [1.165, 1.54) is 28.9 Å². The molecule has 2 rings (SSSR count). The van der Waals surface area contributed by atoms with E-state index in [0.29, 0.717) is 0 Å². The number of rotatable bonds is 3. The molecule has 1 amide bonds. The molecule has 7 nitrogen and oxygen atoms in total. The monoisotopic (exact) mass is 261 g/mol. The first kappa shape index (κ1) is 12.6. The third-order valence-electron chi connectivity index (χ3n) is 2.43. The molecule has 1 aromatic heterocycles. The second kappa shape index (κ2) is 4.81. The van der Waals surface area contributed by atoms with E-state index in [2.05, 4.69) is 10.4 Å². The topological polar surface area (TPSA) is 104 Å². The summed E-state index contributed by atoms with van der Waals surface area (Å²) < 4.78 is 1.48. The molecular formula is C12H11N3O4. The fraction of sp³-hybridized carbons (Fsp3) is 0.0833. The first-order chi connectivity index (χ1) is 8.97. The molecule has 1 aromatic carbocycles. The van der Waals surface area contributed by atoms with Crippen LogP contribution < -0.4 is 5.32 Å². The van der Waals surface area contributed by atoms with Crippen molar-refractivity contribution in [3.8, 4) is 5.75 Å². The van der Waals surface area contributed by atoms with Crippen LogP contribution in [0.4, 0.5) is 5.69 Å². The van der Waals surface area contributed by atoms with Gasteiger partial charge in [0.05, 0.1) is 0 Å². The molecular weight excluding hydrogens is 250 g/mol. The zero-order valence-electron chi connectivity index (χ0n) is 9.99. The van der Waals surface area contributed by atoms with Gasteiger partial charge in [0.25, 0.3) is 5.91 Å². The molecule has 19 heavy (non-hydrogen) atoms. The van der Waals surface area contributed by atoms with Crippen LogP contribution in [0, 0.1) is 0 Å². The maximum Gasteiger partial charge on any atom is 0.339 e. The Kier molecular flexibility index (Phi) is 3.19. The Labute approximate surface area is 108 Å². The molecule has 0 unspecified atom stereocenters. The summed E-state index contributed by atoms with van der Waals surface area (Å²) in [5.74, 6) is -2.09. The van der Waals surface area contributed by atoms with Gasteiger partial charge in [-0.15, -0.1) is 0 Å². The molecule has 2 aromatic rings. The molecule has 0 spiro atoms. The van der Waals surface area contributed by atoms with E-state index in [-0.39, 0.29) is 22.7 Å². The summed E-state index contributed by atoms with van der Waals surface area (Å²) in [4.78, 5) is 22.6. The van der Waals surface area contributed by atoms with Crippen LogP contribution in [0.5, 0.6) is 5.75 Å². The van der Waals surface area contributed by atoms with Crippen LogP contribution in [0.25, 0.3) is 0 Å². The zero-order chi connectivity index (χ0) is 14.0. The number of anilines is 1. The van der Waals surface area contributed by atoms with Crippen molar-refractivity contribution in [3.05, 3.63) is 41.7 Å². The second-order valence-electron chi connectivity index (χ2n) is 3.87. The maximum atomic E-state index is 11.8. The van der Waals surface area contributed by atoms with E-state index in [1.807, 2.05) is 0 Å². The van der Waals surface area contributed by atoms with Crippen LogP contribution in [0.1, 0.15) is 20.8 Å². The number of carboxylic acids is 1. The lowest BCUT2D eigenvalue weighted by Gasteiger charge is -2.05. The SMILES string of the molecule is Cn1ccc(C(=O)Nc2ccc(O)c(C(=O)O)c2)n1. The molecule has 0 aliphatic carbocycles. The highest BCUT2D eigenvalue weighted by atomic mass is 16.4. The first-order valence-corrected chi connectivity index (χ1v) is 5.34. The molecule has 0 atom stereocenters. The first-order valence-electron chi connectivity index (χ1n) is 5.34. The van der Waals surface area contributed by atoms with E-state index in [1.54, 1.807) is 13.2 Å². The molecule has 1 heterocycles. The molecule has 0 radical (unpaired) electrons. The molecule has 0 aliphatic heterocycles. The predicted octanol–water partition coefficient (Wildman–Crippen LogP) is 1.08. The third-order valence-corrected chi connectivity index (χ3v) is 2.43. The molecule has 7 heteroatoms. The molecule has 3 N–H and O–H groups in total. The van der Waals surface area contributed by atoms with Crippen molar-refractivity contribution < 1.29 is 19.8 Å². The number of nitrogens with zero attached hydrogens (tertiary/aromatic N) is 2. The number of aromatic hydroxyl groups is 1. The number of carboxylic acid groups (broad SMARTS) is 1. The van der Waals surface area contributed by atoms with Gasteiger partial charge >= 0.3 is 5.97 Å². The minimum atomic E-state index is -1.27. The second-order valence-corrected chi connectivity index (χ2v) is 3.87. The third kappa shape index (κ3) is 2.71. The van der Waals surface area contributed by atoms with Gasteiger partial charge in [-0.2, -0.15) is 5.10 Å². The number of benzene rings is 1. The number of aryl methyl sites for hydroxylation is 1. The number of carbonyl (C=O) groups excluding carboxylic acids is 1. The Morgan fingerprint density at radius 2 is 2.05 bits per heavy atom. The smallest absolute Gasteiger partial charge is 0.339 e. The fourth-order valence-corrected chi connectivity index (χ4v) is 1.52. The Bertz CT molecular complexity index is 648. The van der Waals surface area contributed by atoms with Gasteiger partial charge in [0, 0.05) is 18.9 Å². The number of amides is 1. The average molecular weight is 261 g/mol. The van der Waals surface area contributed by atoms with Crippen LogP contribution in [0.2, 0.25) is 0 Å². The number of phenols is 1. The summed E-state index contributed by atoms with van der Waals surface area (Å²) in [5.41, 5.74) is 0.206. The van der Waals surface area contributed by atoms with Crippen molar-refractivity contribution in [2.45, 2.75) is 0 Å². The molecule has 0 saturated carbocycles. The van der Waals surface area contributed by atoms with Crippen LogP contribution in [-0.4, -0.2) is 31.9 Å². The Morgan fingerprint density at radius 1 is 1.32 bits per heavy atom. The largest absolute Gasteiger partial charge is 0.507 e. The fourth-order valence-electron chi connectivity index (χ4n) is 1.52. The van der Waals surface area contributed by atoms with E-state index < -0.39 is 11.9 Å². The summed E-state index contributed by atoms with van der Waals surface area (Å²) >= 11 is 0. The van der Waals surface area contributed by atoms with Crippen molar-refractivity contribution >= 4 is 17.6 Å². The van der Waals surface area contributed by atoms with Gasteiger partial charge in [-0.05, 0) is 24.3 Å². The molecule has 98 valence electrons. The lowest BCUT2D eigenvalue weighted by molar-refractivity contribution is 0.0693. The average Bonchev–Trinajstić information content (AvgIpc) is 2.78. The summed E-state index contributed by atoms with van der Waals surface area (Å²) in [6.45, 7) is 0. The van der Waals surface area contributed by atoms with Crippen molar-refractivity contribution in [1.29, 1.82) is 0 Å². The summed E-state index contributed by atoms with van der Waals surface area (Å²) in [7, 11) is 1.68. The van der Waals surface area contributed by atoms with E-state index in [0.717, 1.165) is 0 Å². The highest BCUT2D eigenvalue weighted by Crippen LogP contribution is 2.21. The van der Waals surface area contributed by atoms with Crippen molar-refractivity contribution in [2.75, 3.05) is 5.32 Å². The van der Waals surface area contributed by atoms with Gasteiger partial charge in [-0.25, -0.2) is 4.79 Å². The highest BCUT2D eigenvalue weighted by Gasteiger charge is 2.13. The van der Waals surface area contributed by atoms with Crippen molar-refractivity contribution in [3.63, 3.8) is 0 Å². The van der Waals surface area contributed by atoms with Gasteiger partial charge in [0.1, 0.15) is 11.3 Å². The lowest BCUT2D eigenvalue weighted by Crippen LogP contribution is -2.13.